The van der Waals surface area contributed by atoms with Crippen LogP contribution >= 0.6 is 11.3 Å². The van der Waals surface area contributed by atoms with Crippen LogP contribution in [0.1, 0.15) is 52.3 Å². The number of carbonyl (C=O) groups is 1. The monoisotopic (exact) mass is 348 g/mol. The number of esters is 1. The van der Waals surface area contributed by atoms with Crippen molar-refractivity contribution in [1.82, 2.24) is 10.1 Å². The highest BCUT2D eigenvalue weighted by molar-refractivity contribution is 7.08. The van der Waals surface area contributed by atoms with Crippen LogP contribution in [0.3, 0.4) is 0 Å². The van der Waals surface area contributed by atoms with Gasteiger partial charge in [0.2, 0.25) is 5.82 Å². The molecule has 1 fully saturated rings. The Hall–Kier alpha value is -1.69. The van der Waals surface area contributed by atoms with Crippen LogP contribution in [0, 0.1) is 17.3 Å². The quantitative estimate of drug-likeness (QED) is 0.750. The highest BCUT2D eigenvalue weighted by atomic mass is 32.1. The Bertz CT molecular complexity index is 665. The van der Waals surface area contributed by atoms with E-state index in [4.69, 9.17) is 9.26 Å². The molecule has 0 aliphatic heterocycles. The SMILES string of the molecule is CC(C)(C)C1CCC(C(=O)OCc2nc(-c3ccsc3)no2)CC1. The van der Waals surface area contributed by atoms with Gasteiger partial charge in [-0.15, -0.1) is 0 Å². The second-order valence-corrected chi connectivity index (χ2v) is 8.33. The minimum absolute atomic E-state index is 0.00265. The van der Waals surface area contributed by atoms with Crippen molar-refractivity contribution in [2.75, 3.05) is 0 Å². The third kappa shape index (κ3) is 4.04. The molecule has 3 rings (SSSR count). The standard InChI is InChI=1S/C18H24N2O3S/c1-18(2,3)14-6-4-12(5-7-14)17(21)22-10-15-19-16(20-23-15)13-8-9-24-11-13/h8-9,11-12,14H,4-7,10H2,1-3H3. The summed E-state index contributed by atoms with van der Waals surface area (Å²) < 4.78 is 10.5. The second kappa shape index (κ2) is 7.05. The van der Waals surface area contributed by atoms with Gasteiger partial charge < -0.3 is 9.26 Å². The fourth-order valence-electron chi connectivity index (χ4n) is 3.27. The molecule has 0 bridgehead atoms. The molecule has 6 heteroatoms. The van der Waals surface area contributed by atoms with Gasteiger partial charge >= 0.3 is 5.97 Å². The first kappa shape index (κ1) is 17.1. The zero-order valence-electron chi connectivity index (χ0n) is 14.4. The molecular weight excluding hydrogens is 324 g/mol. The third-order valence-corrected chi connectivity index (χ3v) is 5.55. The molecule has 2 heterocycles. The molecule has 130 valence electrons. The van der Waals surface area contributed by atoms with E-state index >= 15 is 0 Å². The van der Waals surface area contributed by atoms with Crippen LogP contribution in [0.15, 0.2) is 21.3 Å². The molecule has 1 aliphatic rings. The number of hydrogen-bond acceptors (Lipinski definition) is 6. The van der Waals surface area contributed by atoms with Crippen LogP contribution in [0.2, 0.25) is 0 Å². The third-order valence-electron chi connectivity index (χ3n) is 4.87. The van der Waals surface area contributed by atoms with Crippen molar-refractivity contribution in [3.05, 3.63) is 22.7 Å². The van der Waals surface area contributed by atoms with Gasteiger partial charge in [-0.3, -0.25) is 4.79 Å². The van der Waals surface area contributed by atoms with E-state index in [0.717, 1.165) is 31.2 Å². The van der Waals surface area contributed by atoms with Gasteiger partial charge in [0, 0.05) is 10.9 Å². The minimum Gasteiger partial charge on any atom is -0.455 e. The van der Waals surface area contributed by atoms with E-state index in [0.29, 0.717) is 23.0 Å². The van der Waals surface area contributed by atoms with Gasteiger partial charge in [0.25, 0.3) is 5.89 Å². The summed E-state index contributed by atoms with van der Waals surface area (Å²) in [6.07, 6.45) is 3.99. The highest BCUT2D eigenvalue weighted by Gasteiger charge is 2.33. The van der Waals surface area contributed by atoms with Crippen molar-refractivity contribution in [1.29, 1.82) is 0 Å². The first-order chi connectivity index (χ1) is 11.4. The fraction of sp³-hybridized carbons (Fsp3) is 0.611. The number of hydrogen-bond donors (Lipinski definition) is 0. The van der Waals surface area contributed by atoms with Crippen LogP contribution in [-0.4, -0.2) is 16.1 Å². The van der Waals surface area contributed by atoms with E-state index in [1.165, 1.54) is 0 Å². The van der Waals surface area contributed by atoms with Gasteiger partial charge in [-0.25, -0.2) is 0 Å². The molecule has 0 atom stereocenters. The summed E-state index contributed by atoms with van der Waals surface area (Å²) in [5.74, 6) is 1.42. The largest absolute Gasteiger partial charge is 0.455 e. The van der Waals surface area contributed by atoms with Gasteiger partial charge in [0.05, 0.1) is 5.92 Å². The molecule has 0 aromatic carbocycles. The van der Waals surface area contributed by atoms with E-state index < -0.39 is 0 Å². The van der Waals surface area contributed by atoms with E-state index in [9.17, 15) is 4.79 Å². The minimum atomic E-state index is -0.141. The first-order valence-electron chi connectivity index (χ1n) is 8.45. The van der Waals surface area contributed by atoms with Gasteiger partial charge in [-0.2, -0.15) is 16.3 Å². The Morgan fingerprint density at radius 3 is 2.71 bits per heavy atom. The summed E-state index contributed by atoms with van der Waals surface area (Å²) in [6, 6.07) is 1.93. The first-order valence-corrected chi connectivity index (χ1v) is 9.39. The summed E-state index contributed by atoms with van der Waals surface area (Å²) in [5, 5.41) is 7.83. The van der Waals surface area contributed by atoms with Gasteiger partial charge in [0.1, 0.15) is 0 Å². The molecule has 0 saturated heterocycles. The van der Waals surface area contributed by atoms with Crippen LogP contribution in [0.4, 0.5) is 0 Å². The molecule has 0 spiro atoms. The summed E-state index contributed by atoms with van der Waals surface area (Å²) >= 11 is 1.58. The number of thiophene rings is 1. The fourth-order valence-corrected chi connectivity index (χ4v) is 3.90. The van der Waals surface area contributed by atoms with E-state index in [-0.39, 0.29) is 18.5 Å². The number of rotatable bonds is 4. The molecule has 1 aliphatic carbocycles. The summed E-state index contributed by atoms with van der Waals surface area (Å²) in [7, 11) is 0. The summed E-state index contributed by atoms with van der Waals surface area (Å²) in [6.45, 7) is 6.88. The van der Waals surface area contributed by atoms with Crippen molar-refractivity contribution < 1.29 is 14.1 Å². The molecule has 0 N–H and O–H groups in total. The van der Waals surface area contributed by atoms with Gasteiger partial charge in [-0.05, 0) is 48.5 Å². The Kier molecular flexibility index (Phi) is 5.04. The highest BCUT2D eigenvalue weighted by Crippen LogP contribution is 2.40. The molecule has 1 saturated carbocycles. The molecule has 24 heavy (non-hydrogen) atoms. The maximum absolute atomic E-state index is 12.3. The zero-order chi connectivity index (χ0) is 17.2. The molecule has 2 aromatic heterocycles. The maximum atomic E-state index is 12.3. The predicted octanol–water partition coefficient (Wildman–Crippen LogP) is 4.69. The Morgan fingerprint density at radius 1 is 1.33 bits per heavy atom. The summed E-state index contributed by atoms with van der Waals surface area (Å²) in [4.78, 5) is 16.5. The number of aromatic nitrogens is 2. The van der Waals surface area contributed by atoms with Crippen LogP contribution < -0.4 is 0 Å². The number of nitrogens with zero attached hydrogens (tertiary/aromatic N) is 2. The van der Waals surface area contributed by atoms with Gasteiger partial charge in [-0.1, -0.05) is 25.9 Å². The van der Waals surface area contributed by atoms with Crippen molar-refractivity contribution >= 4 is 17.3 Å². The molecule has 5 nitrogen and oxygen atoms in total. The lowest BCUT2D eigenvalue weighted by atomic mass is 9.70. The maximum Gasteiger partial charge on any atom is 0.309 e. The van der Waals surface area contributed by atoms with Crippen LogP contribution in [0.25, 0.3) is 11.4 Å². The lowest BCUT2D eigenvalue weighted by Crippen LogP contribution is -2.29. The molecule has 0 unspecified atom stereocenters. The Morgan fingerprint density at radius 2 is 2.08 bits per heavy atom. The second-order valence-electron chi connectivity index (χ2n) is 7.55. The Labute approximate surface area is 146 Å². The molecule has 0 radical (unpaired) electrons. The topological polar surface area (TPSA) is 65.2 Å². The molecule has 2 aromatic rings. The molecular formula is C18H24N2O3S. The van der Waals surface area contributed by atoms with Crippen molar-refractivity contribution in [3.8, 4) is 11.4 Å². The van der Waals surface area contributed by atoms with Crippen molar-refractivity contribution in [2.24, 2.45) is 17.3 Å². The average Bonchev–Trinajstić information content (AvgIpc) is 3.23. The van der Waals surface area contributed by atoms with Crippen molar-refractivity contribution in [3.63, 3.8) is 0 Å². The smallest absolute Gasteiger partial charge is 0.309 e. The van der Waals surface area contributed by atoms with E-state index in [1.807, 2.05) is 16.8 Å². The van der Waals surface area contributed by atoms with Gasteiger partial charge in [0.15, 0.2) is 6.61 Å². The van der Waals surface area contributed by atoms with Crippen LogP contribution in [0.5, 0.6) is 0 Å². The van der Waals surface area contributed by atoms with E-state index in [1.54, 1.807) is 11.3 Å². The molecule has 0 amide bonds. The number of carbonyl (C=O) groups excluding carboxylic acids is 1. The lowest BCUT2D eigenvalue weighted by molar-refractivity contribution is -0.152. The average molecular weight is 348 g/mol. The number of ether oxygens (including phenoxy) is 1. The van der Waals surface area contributed by atoms with Crippen LogP contribution in [-0.2, 0) is 16.1 Å². The summed E-state index contributed by atoms with van der Waals surface area (Å²) in [5.41, 5.74) is 1.23. The van der Waals surface area contributed by atoms with Crippen molar-refractivity contribution in [2.45, 2.75) is 53.1 Å². The normalized spacial score (nSPS) is 21.6. The Balaban J connectivity index is 1.48. The zero-order valence-corrected chi connectivity index (χ0v) is 15.3. The lowest BCUT2D eigenvalue weighted by Gasteiger charge is -2.36. The van der Waals surface area contributed by atoms with E-state index in [2.05, 4.69) is 30.9 Å². The predicted molar refractivity (Wildman–Crippen MR) is 92.3 cm³/mol.